The Balaban J connectivity index is 0.00000228. The molecule has 2 fully saturated rings. The van der Waals surface area contributed by atoms with Gasteiger partial charge in [-0.15, -0.1) is 17.5 Å². The number of nitrogens with zero attached hydrogens (tertiary/aromatic N) is 4. The average molecular weight is 496 g/mol. The summed E-state index contributed by atoms with van der Waals surface area (Å²) in [5.74, 6) is -0.0704. The summed E-state index contributed by atoms with van der Waals surface area (Å²) in [6, 6.07) is 1.13. The van der Waals surface area contributed by atoms with Crippen molar-refractivity contribution in [3.8, 4) is 5.75 Å². The summed E-state index contributed by atoms with van der Waals surface area (Å²) >= 11 is 6.45. The minimum Gasteiger partial charge on any atom is -0.484 e. The second-order valence-corrected chi connectivity index (χ2v) is 10.1. The number of fused-ring (bicyclic) bond motifs is 2. The Labute approximate surface area is 203 Å². The number of carbonyl (C=O) groups excluding carboxylic acids is 1. The Morgan fingerprint density at radius 1 is 1.30 bits per heavy atom. The van der Waals surface area contributed by atoms with E-state index in [1.54, 1.807) is 0 Å². The summed E-state index contributed by atoms with van der Waals surface area (Å²) in [6.07, 6.45) is 6.70. The number of hydrogen-bond donors (Lipinski definition) is 1. The number of aryl methyl sites for hydroxylation is 1. The summed E-state index contributed by atoms with van der Waals surface area (Å²) in [5, 5.41) is 12.4. The molecule has 1 aliphatic carbocycles. The summed E-state index contributed by atoms with van der Waals surface area (Å²) in [6.45, 7) is 3.06. The first-order chi connectivity index (χ1) is 15.5. The first kappa shape index (κ1) is 22.9. The zero-order chi connectivity index (χ0) is 21.9. The first-order valence-electron chi connectivity index (χ1n) is 11.6. The highest BCUT2D eigenvalue weighted by Crippen LogP contribution is 2.53. The van der Waals surface area contributed by atoms with E-state index in [4.69, 9.17) is 16.3 Å². The SMILES string of the molecule is Cl.O=C1CC2(CC2)CN1C[C@H]1NCCc2c(Cl)cc(F)c(OCc3nnn4c3CCCC4)c21. The van der Waals surface area contributed by atoms with Gasteiger partial charge in [-0.25, -0.2) is 9.07 Å². The van der Waals surface area contributed by atoms with Gasteiger partial charge in [0.25, 0.3) is 0 Å². The van der Waals surface area contributed by atoms with Crippen LogP contribution in [0.25, 0.3) is 0 Å². The predicted molar refractivity (Wildman–Crippen MR) is 123 cm³/mol. The molecule has 1 saturated carbocycles. The van der Waals surface area contributed by atoms with Gasteiger partial charge in [-0.05, 0) is 62.1 Å². The van der Waals surface area contributed by atoms with Gasteiger partial charge in [-0.3, -0.25) is 4.79 Å². The maximum absolute atomic E-state index is 15.1. The molecule has 6 rings (SSSR count). The Kier molecular flexibility index (Phi) is 6.04. The van der Waals surface area contributed by atoms with Crippen LogP contribution in [0.2, 0.25) is 5.02 Å². The van der Waals surface area contributed by atoms with E-state index < -0.39 is 5.82 Å². The summed E-state index contributed by atoms with van der Waals surface area (Å²) in [5.41, 5.74) is 3.68. The molecule has 1 spiro atoms. The van der Waals surface area contributed by atoms with Gasteiger partial charge in [-0.1, -0.05) is 16.8 Å². The van der Waals surface area contributed by atoms with Crippen LogP contribution in [0, 0.1) is 11.2 Å². The van der Waals surface area contributed by atoms with Crippen molar-refractivity contribution >= 4 is 29.9 Å². The number of nitrogens with one attached hydrogen (secondary N) is 1. The van der Waals surface area contributed by atoms with Crippen LogP contribution >= 0.6 is 24.0 Å². The van der Waals surface area contributed by atoms with Crippen LogP contribution in [0.1, 0.15) is 60.7 Å². The normalized spacial score (nSPS) is 22.7. The largest absolute Gasteiger partial charge is 0.484 e. The van der Waals surface area contributed by atoms with E-state index in [9.17, 15) is 4.79 Å². The molecule has 1 aromatic carbocycles. The predicted octanol–water partition coefficient (Wildman–Crippen LogP) is 3.61. The molecule has 0 radical (unpaired) electrons. The third-order valence-corrected chi connectivity index (χ3v) is 7.85. The molecule has 1 N–H and O–H groups in total. The van der Waals surface area contributed by atoms with Crippen molar-refractivity contribution in [1.82, 2.24) is 25.2 Å². The molecule has 178 valence electrons. The van der Waals surface area contributed by atoms with Gasteiger partial charge in [0, 0.05) is 36.6 Å². The van der Waals surface area contributed by atoms with Crippen molar-refractivity contribution in [1.29, 1.82) is 0 Å². The average Bonchev–Trinajstić information content (AvgIpc) is 3.29. The molecule has 4 aliphatic rings. The fourth-order valence-corrected chi connectivity index (χ4v) is 5.86. The number of halogens is 3. The molecule has 33 heavy (non-hydrogen) atoms. The van der Waals surface area contributed by atoms with Gasteiger partial charge in [-0.2, -0.15) is 0 Å². The second kappa shape index (κ2) is 8.71. The molecule has 0 bridgehead atoms. The Morgan fingerprint density at radius 3 is 2.94 bits per heavy atom. The minimum atomic E-state index is -0.477. The van der Waals surface area contributed by atoms with E-state index >= 15 is 4.39 Å². The number of benzene rings is 1. The van der Waals surface area contributed by atoms with Crippen LogP contribution in [0.3, 0.4) is 0 Å². The number of ether oxygens (including phenoxy) is 1. The van der Waals surface area contributed by atoms with E-state index in [1.165, 1.54) is 6.07 Å². The fourth-order valence-electron chi connectivity index (χ4n) is 5.57. The van der Waals surface area contributed by atoms with E-state index in [0.717, 1.165) is 74.3 Å². The van der Waals surface area contributed by atoms with Gasteiger partial charge < -0.3 is 15.0 Å². The van der Waals surface area contributed by atoms with Crippen molar-refractivity contribution < 1.29 is 13.9 Å². The lowest BCUT2D eigenvalue weighted by molar-refractivity contribution is -0.128. The van der Waals surface area contributed by atoms with E-state index in [1.807, 2.05) is 9.58 Å². The maximum atomic E-state index is 15.1. The quantitative estimate of drug-likeness (QED) is 0.685. The van der Waals surface area contributed by atoms with Gasteiger partial charge >= 0.3 is 0 Å². The number of likely N-dealkylation sites (tertiary alicyclic amines) is 1. The lowest BCUT2D eigenvalue weighted by atomic mass is 9.92. The van der Waals surface area contributed by atoms with Crippen LogP contribution < -0.4 is 10.1 Å². The number of carbonyl (C=O) groups is 1. The molecular formula is C23H28Cl2FN5O2. The lowest BCUT2D eigenvalue weighted by Crippen LogP contribution is -2.40. The van der Waals surface area contributed by atoms with Gasteiger partial charge in [0.2, 0.25) is 5.91 Å². The fraction of sp³-hybridized carbons (Fsp3) is 0.609. The molecule has 4 heterocycles. The molecule has 1 aromatic heterocycles. The van der Waals surface area contributed by atoms with Crippen LogP contribution in [-0.2, 0) is 30.8 Å². The topological polar surface area (TPSA) is 72.3 Å². The number of aromatic nitrogens is 3. The van der Waals surface area contributed by atoms with E-state index in [-0.39, 0.29) is 42.1 Å². The molecule has 1 saturated heterocycles. The number of amides is 1. The molecule has 1 amide bonds. The van der Waals surface area contributed by atoms with Crippen LogP contribution in [0.15, 0.2) is 6.07 Å². The summed E-state index contributed by atoms with van der Waals surface area (Å²) in [7, 11) is 0. The number of rotatable bonds is 5. The third-order valence-electron chi connectivity index (χ3n) is 7.51. The highest BCUT2D eigenvalue weighted by molar-refractivity contribution is 6.31. The number of hydrogen-bond acceptors (Lipinski definition) is 5. The van der Waals surface area contributed by atoms with Crippen LogP contribution in [0.5, 0.6) is 5.75 Å². The Morgan fingerprint density at radius 2 is 2.15 bits per heavy atom. The molecule has 10 heteroatoms. The van der Waals surface area contributed by atoms with Crippen molar-refractivity contribution in [3.63, 3.8) is 0 Å². The summed E-state index contributed by atoms with van der Waals surface area (Å²) < 4.78 is 23.1. The van der Waals surface area contributed by atoms with Gasteiger partial charge in [0.1, 0.15) is 12.3 Å². The molecule has 2 aromatic rings. The first-order valence-corrected chi connectivity index (χ1v) is 12.0. The Bertz CT molecular complexity index is 1090. The second-order valence-electron chi connectivity index (χ2n) is 9.72. The van der Waals surface area contributed by atoms with Gasteiger partial charge in [0.05, 0.1) is 11.7 Å². The standard InChI is InChI=1S/C23H27ClFN5O2.ClH/c24-15-9-16(25)22(32-12-18-19-3-1-2-8-30(19)28-27-18)21-14(15)4-7-26-17(21)11-29-13-23(5-6-23)10-20(29)31;/h9,17,26H,1-8,10-13H2;1H/t17-;/m1./s1. The van der Waals surface area contributed by atoms with Gasteiger partial charge in [0.15, 0.2) is 11.6 Å². The maximum Gasteiger partial charge on any atom is 0.223 e. The monoisotopic (exact) mass is 495 g/mol. The van der Waals surface area contributed by atoms with Crippen LogP contribution in [0.4, 0.5) is 4.39 Å². The lowest BCUT2D eigenvalue weighted by Gasteiger charge is -2.32. The highest BCUT2D eigenvalue weighted by atomic mass is 35.5. The molecule has 7 nitrogen and oxygen atoms in total. The third kappa shape index (κ3) is 4.10. The smallest absolute Gasteiger partial charge is 0.223 e. The molecule has 0 unspecified atom stereocenters. The molecule has 3 aliphatic heterocycles. The minimum absolute atomic E-state index is 0. The Hall–Kier alpha value is -1.90. The van der Waals surface area contributed by atoms with E-state index in [0.29, 0.717) is 24.4 Å². The van der Waals surface area contributed by atoms with Crippen molar-refractivity contribution in [3.05, 3.63) is 39.4 Å². The zero-order valence-electron chi connectivity index (χ0n) is 18.4. The van der Waals surface area contributed by atoms with Crippen molar-refractivity contribution in [2.45, 2.75) is 64.1 Å². The van der Waals surface area contributed by atoms with E-state index in [2.05, 4.69) is 15.6 Å². The van der Waals surface area contributed by atoms with Crippen molar-refractivity contribution in [2.75, 3.05) is 19.6 Å². The highest BCUT2D eigenvalue weighted by Gasteiger charge is 2.52. The van der Waals surface area contributed by atoms with Crippen LogP contribution in [-0.4, -0.2) is 45.4 Å². The molecular weight excluding hydrogens is 468 g/mol. The molecule has 1 atom stereocenters. The summed E-state index contributed by atoms with van der Waals surface area (Å²) in [4.78, 5) is 14.5. The van der Waals surface area contributed by atoms with Crippen molar-refractivity contribution in [2.24, 2.45) is 5.41 Å². The zero-order valence-corrected chi connectivity index (χ0v) is 20.0.